The largest absolute Gasteiger partial charge is 0.507 e. The summed E-state index contributed by atoms with van der Waals surface area (Å²) >= 11 is 0. The second-order valence-corrected chi connectivity index (χ2v) is 9.20. The highest BCUT2D eigenvalue weighted by Crippen LogP contribution is 2.53. The summed E-state index contributed by atoms with van der Waals surface area (Å²) in [5, 5.41) is 11.4. The molecule has 188 valence electrons. The van der Waals surface area contributed by atoms with E-state index in [1.165, 1.54) is 21.9 Å². The molecular formula is C27H28FN3O5. The molecule has 0 aliphatic carbocycles. The van der Waals surface area contributed by atoms with Gasteiger partial charge in [0, 0.05) is 43.9 Å². The number of hydrogen-bond acceptors (Lipinski definition) is 6. The molecule has 0 unspecified atom stereocenters. The molecule has 2 aromatic carbocycles. The second kappa shape index (κ2) is 9.15. The number of carbonyl (C=O) groups excluding carboxylic acids is 3. The Balaban J connectivity index is 1.72. The zero-order valence-corrected chi connectivity index (χ0v) is 20.3. The average Bonchev–Trinajstić information content (AvgIpc) is 3.27. The third-order valence-corrected chi connectivity index (χ3v) is 7.31. The minimum atomic E-state index is -1.83. The highest BCUT2D eigenvalue weighted by molar-refractivity contribution is 6.50. The number of hydrogen-bond donors (Lipinski definition) is 1. The monoisotopic (exact) mass is 493 g/mol. The average molecular weight is 494 g/mol. The van der Waals surface area contributed by atoms with Crippen LogP contribution in [-0.2, 0) is 24.7 Å². The fourth-order valence-electron chi connectivity index (χ4n) is 5.43. The first-order chi connectivity index (χ1) is 17.3. The third-order valence-electron chi connectivity index (χ3n) is 7.31. The number of rotatable bonds is 5. The van der Waals surface area contributed by atoms with Crippen LogP contribution in [0.3, 0.4) is 0 Å². The number of aryl methyl sites for hydroxylation is 1. The maximum atomic E-state index is 14.4. The van der Waals surface area contributed by atoms with E-state index in [9.17, 15) is 23.9 Å². The number of halogens is 1. The number of aliphatic hydroxyl groups excluding tert-OH is 1. The van der Waals surface area contributed by atoms with Crippen molar-refractivity contribution in [2.24, 2.45) is 0 Å². The molecule has 3 aliphatic heterocycles. The summed E-state index contributed by atoms with van der Waals surface area (Å²) in [5.41, 5.74) is -0.739. The van der Waals surface area contributed by atoms with E-state index in [2.05, 4.69) is 4.90 Å². The molecule has 0 radical (unpaired) electrons. The molecule has 1 atom stereocenters. The molecule has 9 heteroatoms. The van der Waals surface area contributed by atoms with E-state index in [0.29, 0.717) is 56.2 Å². The smallest absolute Gasteiger partial charge is 0.296 e. The highest BCUT2D eigenvalue weighted by atomic mass is 19.1. The normalized spacial score (nSPS) is 23.7. The summed E-state index contributed by atoms with van der Waals surface area (Å²) in [6.07, 6.45) is 0. The predicted octanol–water partition coefficient (Wildman–Crippen LogP) is 2.41. The number of anilines is 1. The number of aliphatic hydroxyl groups is 1. The molecule has 2 fully saturated rings. The molecule has 1 N–H and O–H groups in total. The number of fused-ring (bicyclic) bond motifs is 2. The van der Waals surface area contributed by atoms with Crippen LogP contribution < -0.4 is 4.90 Å². The van der Waals surface area contributed by atoms with Gasteiger partial charge in [-0.3, -0.25) is 19.3 Å². The van der Waals surface area contributed by atoms with Gasteiger partial charge in [0.05, 0.1) is 24.5 Å². The van der Waals surface area contributed by atoms with Crippen molar-refractivity contribution in [3.05, 3.63) is 70.5 Å². The summed E-state index contributed by atoms with van der Waals surface area (Å²) in [7, 11) is 0. The molecule has 1 spiro atoms. The molecule has 2 saturated heterocycles. The number of likely N-dealkylation sites (N-methyl/N-ethyl adjacent to an activating group) is 1. The maximum Gasteiger partial charge on any atom is 0.296 e. The zero-order valence-electron chi connectivity index (χ0n) is 20.3. The minimum absolute atomic E-state index is 0.0314. The SMILES string of the molecule is CCN1C(=O)[C@]2(C(=C(O)c3ccc(C)c(F)c3)C(=O)C(=O)N2CCN2CCOCC2)c2ccccc21. The van der Waals surface area contributed by atoms with Crippen LogP contribution >= 0.6 is 0 Å². The van der Waals surface area contributed by atoms with Crippen LogP contribution in [0.4, 0.5) is 10.1 Å². The first-order valence-electron chi connectivity index (χ1n) is 12.1. The van der Waals surface area contributed by atoms with Crippen molar-refractivity contribution in [1.29, 1.82) is 0 Å². The van der Waals surface area contributed by atoms with E-state index in [1.54, 1.807) is 31.2 Å². The molecule has 0 saturated carbocycles. The molecule has 2 amide bonds. The van der Waals surface area contributed by atoms with Crippen LogP contribution in [-0.4, -0.2) is 78.4 Å². The summed E-state index contributed by atoms with van der Waals surface area (Å²) in [5.74, 6) is -3.44. The standard InChI is InChI=1S/C27H28FN3O5/c1-3-30-21-7-5-4-6-19(21)27(26(30)35)22(23(32)18-9-8-17(2)20(28)16-18)24(33)25(34)31(27)11-10-29-12-14-36-15-13-29/h4-9,16,32H,3,10-15H2,1-2H3/t27-/m1/s1. The van der Waals surface area contributed by atoms with Crippen LogP contribution in [0.2, 0.25) is 0 Å². The van der Waals surface area contributed by atoms with Crippen molar-refractivity contribution in [3.63, 3.8) is 0 Å². The van der Waals surface area contributed by atoms with Crippen LogP contribution in [0.1, 0.15) is 23.6 Å². The van der Waals surface area contributed by atoms with Crippen LogP contribution in [0.15, 0.2) is 48.0 Å². The molecule has 8 nitrogen and oxygen atoms in total. The van der Waals surface area contributed by atoms with Gasteiger partial charge < -0.3 is 19.6 Å². The molecule has 5 rings (SSSR count). The lowest BCUT2D eigenvalue weighted by molar-refractivity contribution is -0.144. The first-order valence-corrected chi connectivity index (χ1v) is 12.1. The Labute approximate surface area is 208 Å². The predicted molar refractivity (Wildman–Crippen MR) is 131 cm³/mol. The Hall–Kier alpha value is -3.56. The maximum absolute atomic E-state index is 14.4. The van der Waals surface area contributed by atoms with Gasteiger partial charge in [-0.25, -0.2) is 4.39 Å². The van der Waals surface area contributed by atoms with Crippen molar-refractivity contribution < 1.29 is 28.6 Å². The number of likely N-dealkylation sites (tertiary alicyclic amines) is 1. The quantitative estimate of drug-likeness (QED) is 0.391. The lowest BCUT2D eigenvalue weighted by Crippen LogP contribution is -2.54. The summed E-state index contributed by atoms with van der Waals surface area (Å²) in [6, 6.07) is 11.1. The third kappa shape index (κ3) is 3.45. The lowest BCUT2D eigenvalue weighted by Gasteiger charge is -2.36. The highest BCUT2D eigenvalue weighted by Gasteiger charge is 2.66. The van der Waals surface area contributed by atoms with E-state index in [4.69, 9.17) is 4.74 Å². The molecule has 0 bridgehead atoms. The fraction of sp³-hybridized carbons (Fsp3) is 0.370. The van der Waals surface area contributed by atoms with Crippen molar-refractivity contribution in [2.45, 2.75) is 19.4 Å². The van der Waals surface area contributed by atoms with Crippen molar-refractivity contribution >= 4 is 29.0 Å². The molecule has 3 heterocycles. The van der Waals surface area contributed by atoms with Crippen molar-refractivity contribution in [2.75, 3.05) is 50.8 Å². The van der Waals surface area contributed by atoms with Gasteiger partial charge in [0.25, 0.3) is 17.6 Å². The van der Waals surface area contributed by atoms with Gasteiger partial charge in [-0.15, -0.1) is 0 Å². The second-order valence-electron chi connectivity index (χ2n) is 9.20. The van der Waals surface area contributed by atoms with E-state index in [-0.39, 0.29) is 17.7 Å². The van der Waals surface area contributed by atoms with E-state index >= 15 is 0 Å². The van der Waals surface area contributed by atoms with Gasteiger partial charge >= 0.3 is 0 Å². The summed E-state index contributed by atoms with van der Waals surface area (Å²) < 4.78 is 19.8. The number of carbonyl (C=O) groups is 3. The van der Waals surface area contributed by atoms with Gasteiger partial charge in [-0.2, -0.15) is 0 Å². The molecule has 36 heavy (non-hydrogen) atoms. The van der Waals surface area contributed by atoms with Crippen molar-refractivity contribution in [3.8, 4) is 0 Å². The molecule has 2 aromatic rings. The number of nitrogens with zero attached hydrogens (tertiary/aromatic N) is 3. The number of amides is 2. The van der Waals surface area contributed by atoms with E-state index < -0.39 is 34.7 Å². The summed E-state index contributed by atoms with van der Waals surface area (Å²) in [6.45, 7) is 6.70. The van der Waals surface area contributed by atoms with Crippen molar-refractivity contribution in [1.82, 2.24) is 9.80 Å². The Morgan fingerprint density at radius 1 is 1.08 bits per heavy atom. The number of benzene rings is 2. The fourth-order valence-corrected chi connectivity index (χ4v) is 5.43. The number of ketones is 1. The van der Waals surface area contributed by atoms with E-state index in [0.717, 1.165) is 6.07 Å². The number of Topliss-reactive ketones (excluding diaryl/α,β-unsaturated/α-hetero) is 1. The van der Waals surface area contributed by atoms with Gasteiger partial charge in [0.1, 0.15) is 11.6 Å². The number of morpholine rings is 1. The Morgan fingerprint density at radius 3 is 2.50 bits per heavy atom. The van der Waals surface area contributed by atoms with E-state index in [1.807, 2.05) is 6.92 Å². The topological polar surface area (TPSA) is 90.4 Å². The molecule has 3 aliphatic rings. The van der Waals surface area contributed by atoms with Gasteiger partial charge in [0.15, 0.2) is 5.54 Å². The molecule has 0 aromatic heterocycles. The minimum Gasteiger partial charge on any atom is -0.507 e. The summed E-state index contributed by atoms with van der Waals surface area (Å²) in [4.78, 5) is 46.1. The first kappa shape index (κ1) is 24.1. The Kier molecular flexibility index (Phi) is 6.13. The lowest BCUT2D eigenvalue weighted by atomic mass is 9.82. The van der Waals surface area contributed by atoms with Gasteiger partial charge in [-0.05, 0) is 31.5 Å². The van der Waals surface area contributed by atoms with Crippen LogP contribution in [0.25, 0.3) is 5.76 Å². The zero-order chi connectivity index (χ0) is 25.6. The number of ether oxygens (including phenoxy) is 1. The van der Waals surface area contributed by atoms with Gasteiger partial charge in [0.2, 0.25) is 0 Å². The van der Waals surface area contributed by atoms with Crippen LogP contribution in [0.5, 0.6) is 0 Å². The van der Waals surface area contributed by atoms with Gasteiger partial charge in [-0.1, -0.05) is 30.3 Å². The van der Waals surface area contributed by atoms with Crippen LogP contribution in [0, 0.1) is 12.7 Å². The molecular weight excluding hydrogens is 465 g/mol. The number of para-hydroxylation sites is 1. The Bertz CT molecular complexity index is 1290. The Morgan fingerprint density at radius 2 is 1.81 bits per heavy atom.